The van der Waals surface area contributed by atoms with Gasteiger partial charge in [-0.3, -0.25) is 4.99 Å². The first-order valence-electron chi connectivity index (χ1n) is 5.84. The molecule has 2 heteroatoms. The zero-order chi connectivity index (χ0) is 11.7. The molecule has 2 nitrogen and oxygen atoms in total. The van der Waals surface area contributed by atoms with Gasteiger partial charge in [0.25, 0.3) is 0 Å². The van der Waals surface area contributed by atoms with E-state index in [1.807, 2.05) is 20.1 Å². The molecule has 3 atom stereocenters. The predicted molar refractivity (Wildman–Crippen MR) is 64.3 cm³/mol. The van der Waals surface area contributed by atoms with Crippen LogP contribution in [0.15, 0.2) is 4.99 Å². The Morgan fingerprint density at radius 2 is 2.00 bits per heavy atom. The number of aldehydes is 1. The Morgan fingerprint density at radius 3 is 2.47 bits per heavy atom. The van der Waals surface area contributed by atoms with E-state index in [9.17, 15) is 4.79 Å². The summed E-state index contributed by atoms with van der Waals surface area (Å²) >= 11 is 0. The van der Waals surface area contributed by atoms with Gasteiger partial charge in [-0.2, -0.15) is 0 Å². The molecule has 1 saturated carbocycles. The van der Waals surface area contributed by atoms with E-state index in [0.717, 1.165) is 19.1 Å². The lowest BCUT2D eigenvalue weighted by Crippen LogP contribution is -2.40. The number of hydrogen-bond donors (Lipinski definition) is 0. The largest absolute Gasteiger partial charge is 0.303 e. The summed E-state index contributed by atoms with van der Waals surface area (Å²) in [6.45, 7) is 10.7. The molecule has 1 fully saturated rings. The fraction of sp³-hybridized carbons (Fsp3) is 0.846. The number of carbonyl (C=O) groups is 1. The van der Waals surface area contributed by atoms with Crippen molar-refractivity contribution in [1.29, 1.82) is 0 Å². The van der Waals surface area contributed by atoms with Crippen molar-refractivity contribution >= 4 is 12.5 Å². The average Bonchev–Trinajstić information content (AvgIpc) is 2.38. The molecule has 1 aliphatic carbocycles. The zero-order valence-electron chi connectivity index (χ0n) is 10.6. The van der Waals surface area contributed by atoms with Crippen LogP contribution in [0.2, 0.25) is 0 Å². The minimum Gasteiger partial charge on any atom is -0.303 e. The van der Waals surface area contributed by atoms with Crippen LogP contribution in [0.1, 0.15) is 47.5 Å². The molecule has 0 saturated heterocycles. The second kappa shape index (κ2) is 4.07. The summed E-state index contributed by atoms with van der Waals surface area (Å²) < 4.78 is 0. The van der Waals surface area contributed by atoms with Crippen molar-refractivity contribution in [2.75, 3.05) is 0 Å². The van der Waals surface area contributed by atoms with E-state index >= 15 is 0 Å². The SMILES string of the molecule is CC=NC1(C)CCC(C(C)C=O)C1(C)C. The Bertz CT molecular complexity index is 270. The lowest BCUT2D eigenvalue weighted by Gasteiger charge is -2.40. The van der Waals surface area contributed by atoms with Gasteiger partial charge in [-0.05, 0) is 44.2 Å². The van der Waals surface area contributed by atoms with Crippen LogP contribution in [0, 0.1) is 17.3 Å². The first kappa shape index (κ1) is 12.4. The highest BCUT2D eigenvalue weighted by Gasteiger charge is 2.52. The van der Waals surface area contributed by atoms with E-state index in [1.54, 1.807) is 0 Å². The highest BCUT2D eigenvalue weighted by molar-refractivity contribution is 5.56. The maximum Gasteiger partial charge on any atom is 0.123 e. The fourth-order valence-corrected chi connectivity index (χ4v) is 3.05. The number of aliphatic imine (C=N–C) groups is 1. The van der Waals surface area contributed by atoms with Crippen LogP contribution in [-0.4, -0.2) is 18.0 Å². The minimum atomic E-state index is 0.00366. The summed E-state index contributed by atoms with van der Waals surface area (Å²) in [5.41, 5.74) is 0.115. The third-order valence-corrected chi connectivity index (χ3v) is 4.52. The molecular formula is C13H23NO. The quantitative estimate of drug-likeness (QED) is 0.519. The molecule has 1 aliphatic rings. The lowest BCUT2D eigenvalue weighted by molar-refractivity contribution is -0.113. The molecule has 0 aromatic rings. The predicted octanol–water partition coefficient (Wildman–Crippen LogP) is 3.11. The molecule has 0 aliphatic heterocycles. The Balaban J connectivity index is 2.98. The van der Waals surface area contributed by atoms with Gasteiger partial charge >= 0.3 is 0 Å². The van der Waals surface area contributed by atoms with Crippen LogP contribution < -0.4 is 0 Å². The van der Waals surface area contributed by atoms with Crippen molar-refractivity contribution in [2.24, 2.45) is 22.2 Å². The number of hydrogen-bond acceptors (Lipinski definition) is 2. The topological polar surface area (TPSA) is 29.4 Å². The highest BCUT2D eigenvalue weighted by Crippen LogP contribution is 2.54. The molecule has 0 spiro atoms. The Labute approximate surface area is 93.2 Å². The minimum absolute atomic E-state index is 0.00366. The van der Waals surface area contributed by atoms with Gasteiger partial charge in [-0.1, -0.05) is 20.8 Å². The molecular weight excluding hydrogens is 186 g/mol. The first-order valence-corrected chi connectivity index (χ1v) is 5.84. The summed E-state index contributed by atoms with van der Waals surface area (Å²) in [7, 11) is 0. The van der Waals surface area contributed by atoms with E-state index < -0.39 is 0 Å². The summed E-state index contributed by atoms with van der Waals surface area (Å²) in [5.74, 6) is 0.609. The molecule has 86 valence electrons. The van der Waals surface area contributed by atoms with Gasteiger partial charge in [-0.25, -0.2) is 0 Å². The van der Waals surface area contributed by atoms with E-state index in [2.05, 4.69) is 25.8 Å². The van der Waals surface area contributed by atoms with Crippen LogP contribution >= 0.6 is 0 Å². The van der Waals surface area contributed by atoms with Gasteiger partial charge in [-0.15, -0.1) is 0 Å². The summed E-state index contributed by atoms with van der Waals surface area (Å²) in [4.78, 5) is 15.5. The normalized spacial score (nSPS) is 37.0. The Kier molecular flexibility index (Phi) is 3.37. The van der Waals surface area contributed by atoms with E-state index in [-0.39, 0.29) is 16.9 Å². The first-order chi connectivity index (χ1) is 6.89. The van der Waals surface area contributed by atoms with Crippen LogP contribution in [0.4, 0.5) is 0 Å². The second-order valence-corrected chi connectivity index (χ2v) is 5.52. The molecule has 0 aromatic carbocycles. The van der Waals surface area contributed by atoms with Gasteiger partial charge in [0.05, 0.1) is 5.54 Å². The molecule has 0 heterocycles. The fourth-order valence-electron chi connectivity index (χ4n) is 3.05. The molecule has 0 amide bonds. The van der Waals surface area contributed by atoms with Gasteiger partial charge in [0, 0.05) is 5.92 Å². The summed E-state index contributed by atoms with van der Waals surface area (Å²) in [6, 6.07) is 0. The third kappa shape index (κ3) is 1.86. The number of nitrogens with zero attached hydrogens (tertiary/aromatic N) is 1. The molecule has 15 heavy (non-hydrogen) atoms. The zero-order valence-corrected chi connectivity index (χ0v) is 10.6. The molecule has 0 radical (unpaired) electrons. The van der Waals surface area contributed by atoms with Crippen molar-refractivity contribution in [2.45, 2.75) is 53.0 Å². The van der Waals surface area contributed by atoms with Crippen LogP contribution in [0.5, 0.6) is 0 Å². The number of carbonyl (C=O) groups excluding carboxylic acids is 1. The molecule has 0 aromatic heterocycles. The van der Waals surface area contributed by atoms with Crippen LogP contribution in [0.3, 0.4) is 0 Å². The maximum atomic E-state index is 10.9. The maximum absolute atomic E-state index is 10.9. The monoisotopic (exact) mass is 209 g/mol. The molecule has 1 rings (SSSR count). The van der Waals surface area contributed by atoms with Crippen molar-refractivity contribution in [3.8, 4) is 0 Å². The summed E-state index contributed by atoms with van der Waals surface area (Å²) in [5, 5.41) is 0. The smallest absolute Gasteiger partial charge is 0.123 e. The van der Waals surface area contributed by atoms with Crippen LogP contribution in [0.25, 0.3) is 0 Å². The highest BCUT2D eigenvalue weighted by atomic mass is 16.1. The lowest BCUT2D eigenvalue weighted by atomic mass is 9.68. The summed E-state index contributed by atoms with van der Waals surface area (Å²) in [6.07, 6.45) is 5.19. The van der Waals surface area contributed by atoms with Gasteiger partial charge in [0.2, 0.25) is 0 Å². The molecule has 0 N–H and O–H groups in total. The number of rotatable bonds is 3. The Morgan fingerprint density at radius 1 is 1.40 bits per heavy atom. The van der Waals surface area contributed by atoms with E-state index in [0.29, 0.717) is 5.92 Å². The van der Waals surface area contributed by atoms with Gasteiger partial charge < -0.3 is 4.79 Å². The van der Waals surface area contributed by atoms with Crippen molar-refractivity contribution in [3.05, 3.63) is 0 Å². The Hall–Kier alpha value is -0.660. The molecule has 0 bridgehead atoms. The van der Waals surface area contributed by atoms with Gasteiger partial charge in [0.15, 0.2) is 0 Å². The van der Waals surface area contributed by atoms with Crippen molar-refractivity contribution in [1.82, 2.24) is 0 Å². The average molecular weight is 209 g/mol. The third-order valence-electron chi connectivity index (χ3n) is 4.52. The molecule has 3 unspecified atom stereocenters. The second-order valence-electron chi connectivity index (χ2n) is 5.52. The van der Waals surface area contributed by atoms with Crippen molar-refractivity contribution in [3.63, 3.8) is 0 Å². The van der Waals surface area contributed by atoms with E-state index in [4.69, 9.17) is 0 Å². The van der Waals surface area contributed by atoms with E-state index in [1.165, 1.54) is 0 Å². The van der Waals surface area contributed by atoms with Crippen LogP contribution in [-0.2, 0) is 4.79 Å². The van der Waals surface area contributed by atoms with Crippen molar-refractivity contribution < 1.29 is 4.79 Å². The standard InChI is InChI=1S/C13H23NO/c1-6-14-13(5)8-7-11(10(2)9-15)12(13,3)4/h6,9-11H,7-8H2,1-5H3. The van der Waals surface area contributed by atoms with Gasteiger partial charge in [0.1, 0.15) is 6.29 Å².